The largest absolute Gasteiger partial charge is 0.497 e. The molecule has 0 saturated heterocycles. The zero-order valence-electron chi connectivity index (χ0n) is 13.5. The first-order chi connectivity index (χ1) is 11.6. The Kier molecular flexibility index (Phi) is 4.37. The number of hydrogen-bond acceptors (Lipinski definition) is 4. The van der Waals surface area contributed by atoms with Crippen LogP contribution in [0.2, 0.25) is 0 Å². The summed E-state index contributed by atoms with van der Waals surface area (Å²) in [6.45, 7) is 0. The lowest BCUT2D eigenvalue weighted by Gasteiger charge is -2.18. The molecular formula is C18H18N2O4. The molecule has 2 aromatic carbocycles. The Balaban J connectivity index is 1.81. The summed E-state index contributed by atoms with van der Waals surface area (Å²) in [7, 11) is 3.06. The van der Waals surface area contributed by atoms with Crippen molar-refractivity contribution in [1.82, 2.24) is 0 Å². The van der Waals surface area contributed by atoms with Crippen LogP contribution in [0.4, 0.5) is 11.4 Å². The quantitative estimate of drug-likeness (QED) is 0.906. The zero-order valence-corrected chi connectivity index (χ0v) is 13.5. The van der Waals surface area contributed by atoms with Crippen molar-refractivity contribution in [1.29, 1.82) is 0 Å². The summed E-state index contributed by atoms with van der Waals surface area (Å²) in [4.78, 5) is 23.9. The lowest BCUT2D eigenvalue weighted by Crippen LogP contribution is -2.19. The topological polar surface area (TPSA) is 76.7 Å². The summed E-state index contributed by atoms with van der Waals surface area (Å²) in [6.07, 6.45) is 1.12. The molecule has 0 radical (unpaired) electrons. The normalized spacial score (nSPS) is 12.8. The molecule has 1 aliphatic heterocycles. The number of methoxy groups -OCH3 is 2. The molecule has 0 unspecified atom stereocenters. The molecule has 1 aliphatic rings. The van der Waals surface area contributed by atoms with Crippen molar-refractivity contribution >= 4 is 23.2 Å². The zero-order chi connectivity index (χ0) is 17.1. The highest BCUT2D eigenvalue weighted by Gasteiger charge is 2.17. The van der Waals surface area contributed by atoms with E-state index in [0.717, 1.165) is 11.3 Å². The van der Waals surface area contributed by atoms with Gasteiger partial charge >= 0.3 is 0 Å². The minimum atomic E-state index is -0.269. The van der Waals surface area contributed by atoms with Gasteiger partial charge in [0, 0.05) is 23.9 Å². The van der Waals surface area contributed by atoms with E-state index in [1.54, 1.807) is 37.4 Å². The van der Waals surface area contributed by atoms with Gasteiger partial charge in [0.2, 0.25) is 5.91 Å². The van der Waals surface area contributed by atoms with E-state index in [4.69, 9.17) is 9.47 Å². The third kappa shape index (κ3) is 3.17. The van der Waals surface area contributed by atoms with E-state index in [2.05, 4.69) is 10.6 Å². The van der Waals surface area contributed by atoms with E-state index in [1.165, 1.54) is 7.11 Å². The first kappa shape index (κ1) is 15.9. The molecule has 1 heterocycles. The molecule has 124 valence electrons. The highest BCUT2D eigenvalue weighted by Crippen LogP contribution is 2.28. The Hall–Kier alpha value is -3.02. The number of rotatable bonds is 4. The maximum atomic E-state index is 12.5. The Morgan fingerprint density at radius 2 is 1.92 bits per heavy atom. The second-order valence-electron chi connectivity index (χ2n) is 5.44. The fourth-order valence-electron chi connectivity index (χ4n) is 2.65. The third-order valence-electron chi connectivity index (χ3n) is 3.91. The Labute approximate surface area is 139 Å². The second kappa shape index (κ2) is 6.62. The van der Waals surface area contributed by atoms with Crippen molar-refractivity contribution in [3.63, 3.8) is 0 Å². The number of amides is 2. The number of benzene rings is 2. The number of ether oxygens (including phenoxy) is 2. The van der Waals surface area contributed by atoms with Crippen LogP contribution in [0.25, 0.3) is 0 Å². The molecule has 2 aromatic rings. The first-order valence-corrected chi connectivity index (χ1v) is 7.57. The van der Waals surface area contributed by atoms with Crippen molar-refractivity contribution < 1.29 is 19.1 Å². The minimum absolute atomic E-state index is 0.0160. The van der Waals surface area contributed by atoms with Gasteiger partial charge in [-0.3, -0.25) is 9.59 Å². The Morgan fingerprint density at radius 1 is 1.08 bits per heavy atom. The third-order valence-corrected chi connectivity index (χ3v) is 3.91. The van der Waals surface area contributed by atoms with Gasteiger partial charge in [0.05, 0.1) is 19.8 Å². The average Bonchev–Trinajstić information content (AvgIpc) is 2.61. The van der Waals surface area contributed by atoms with Crippen LogP contribution >= 0.6 is 0 Å². The lowest BCUT2D eigenvalue weighted by atomic mass is 10.0. The number of nitrogens with one attached hydrogen (secondary N) is 2. The van der Waals surface area contributed by atoms with Gasteiger partial charge in [0.15, 0.2) is 0 Å². The molecule has 3 rings (SSSR count). The van der Waals surface area contributed by atoms with Crippen LogP contribution in [0.5, 0.6) is 11.5 Å². The maximum absolute atomic E-state index is 12.5. The van der Waals surface area contributed by atoms with E-state index in [1.807, 2.05) is 6.07 Å². The summed E-state index contributed by atoms with van der Waals surface area (Å²) < 4.78 is 10.4. The van der Waals surface area contributed by atoms with Crippen molar-refractivity contribution in [3.8, 4) is 11.5 Å². The number of carbonyl (C=O) groups is 2. The number of fused-ring (bicyclic) bond motifs is 1. The summed E-state index contributed by atoms with van der Waals surface area (Å²) in [5.41, 5.74) is 2.90. The molecule has 0 aliphatic carbocycles. The van der Waals surface area contributed by atoms with Gasteiger partial charge in [-0.25, -0.2) is 0 Å². The minimum Gasteiger partial charge on any atom is -0.497 e. The standard InChI is InChI=1S/C18H18N2O4/c1-23-13-5-6-14(16(10-13)24-2)18(22)19-12-4-7-15-11(9-12)3-8-17(21)20-15/h4-7,9-10H,3,8H2,1-2H3,(H,19,22)(H,20,21). The Bertz CT molecular complexity index is 802. The fourth-order valence-corrected chi connectivity index (χ4v) is 2.65. The molecule has 2 N–H and O–H groups in total. The van der Waals surface area contributed by atoms with Crippen LogP contribution in [-0.4, -0.2) is 26.0 Å². The SMILES string of the molecule is COc1ccc(C(=O)Nc2ccc3c(c2)CCC(=O)N3)c(OC)c1. The van der Waals surface area contributed by atoms with Gasteiger partial charge in [0.25, 0.3) is 5.91 Å². The molecule has 0 bridgehead atoms. The first-order valence-electron chi connectivity index (χ1n) is 7.57. The summed E-state index contributed by atoms with van der Waals surface area (Å²) in [5.74, 6) is 0.807. The molecule has 0 saturated carbocycles. The summed E-state index contributed by atoms with van der Waals surface area (Å²) in [6, 6.07) is 10.5. The number of carbonyl (C=O) groups excluding carboxylic acids is 2. The molecule has 0 fully saturated rings. The van der Waals surface area contributed by atoms with Gasteiger partial charge < -0.3 is 20.1 Å². The van der Waals surface area contributed by atoms with Crippen LogP contribution in [0, 0.1) is 0 Å². The van der Waals surface area contributed by atoms with Gasteiger partial charge in [-0.15, -0.1) is 0 Å². The van der Waals surface area contributed by atoms with Crippen molar-refractivity contribution in [3.05, 3.63) is 47.5 Å². The van der Waals surface area contributed by atoms with Crippen molar-refractivity contribution in [2.45, 2.75) is 12.8 Å². The van der Waals surface area contributed by atoms with Gasteiger partial charge in [-0.1, -0.05) is 0 Å². The molecule has 2 amide bonds. The van der Waals surface area contributed by atoms with E-state index in [0.29, 0.717) is 35.6 Å². The van der Waals surface area contributed by atoms with E-state index in [9.17, 15) is 9.59 Å². The fraction of sp³-hybridized carbons (Fsp3) is 0.222. The molecule has 6 nitrogen and oxygen atoms in total. The van der Waals surface area contributed by atoms with Crippen LogP contribution in [0.3, 0.4) is 0 Å². The summed E-state index contributed by atoms with van der Waals surface area (Å²) in [5, 5.41) is 5.68. The highest BCUT2D eigenvalue weighted by atomic mass is 16.5. The van der Waals surface area contributed by atoms with Crippen molar-refractivity contribution in [2.24, 2.45) is 0 Å². The van der Waals surface area contributed by atoms with Crippen LogP contribution in [-0.2, 0) is 11.2 Å². The second-order valence-corrected chi connectivity index (χ2v) is 5.44. The predicted molar refractivity (Wildman–Crippen MR) is 90.9 cm³/mol. The molecule has 6 heteroatoms. The van der Waals surface area contributed by atoms with E-state index < -0.39 is 0 Å². The number of aryl methyl sites for hydroxylation is 1. The Morgan fingerprint density at radius 3 is 2.67 bits per heavy atom. The highest BCUT2D eigenvalue weighted by molar-refractivity contribution is 6.06. The van der Waals surface area contributed by atoms with Crippen LogP contribution in [0.1, 0.15) is 22.3 Å². The van der Waals surface area contributed by atoms with Crippen LogP contribution in [0.15, 0.2) is 36.4 Å². The molecule has 0 spiro atoms. The smallest absolute Gasteiger partial charge is 0.259 e. The number of anilines is 2. The van der Waals surface area contributed by atoms with Gasteiger partial charge in [-0.2, -0.15) is 0 Å². The van der Waals surface area contributed by atoms with Gasteiger partial charge in [-0.05, 0) is 42.3 Å². The van der Waals surface area contributed by atoms with Crippen LogP contribution < -0.4 is 20.1 Å². The van der Waals surface area contributed by atoms with E-state index >= 15 is 0 Å². The molecule has 24 heavy (non-hydrogen) atoms. The molecular weight excluding hydrogens is 308 g/mol. The monoisotopic (exact) mass is 326 g/mol. The summed E-state index contributed by atoms with van der Waals surface area (Å²) >= 11 is 0. The van der Waals surface area contributed by atoms with E-state index in [-0.39, 0.29) is 11.8 Å². The van der Waals surface area contributed by atoms with Crippen molar-refractivity contribution in [2.75, 3.05) is 24.9 Å². The maximum Gasteiger partial charge on any atom is 0.259 e. The molecule has 0 aromatic heterocycles. The molecule has 0 atom stereocenters. The predicted octanol–water partition coefficient (Wildman–Crippen LogP) is 2.84. The lowest BCUT2D eigenvalue weighted by molar-refractivity contribution is -0.116. The average molecular weight is 326 g/mol. The van der Waals surface area contributed by atoms with Gasteiger partial charge in [0.1, 0.15) is 11.5 Å². The number of hydrogen-bond donors (Lipinski definition) is 2.